The summed E-state index contributed by atoms with van der Waals surface area (Å²) in [6.45, 7) is 3.46. The smallest absolute Gasteiger partial charge is 0.285 e. The van der Waals surface area contributed by atoms with Crippen molar-refractivity contribution in [2.24, 2.45) is 0 Å². The van der Waals surface area contributed by atoms with Crippen molar-refractivity contribution in [3.05, 3.63) is 48.3 Å². The predicted octanol–water partition coefficient (Wildman–Crippen LogP) is 0.922. The normalized spacial score (nSPS) is 14.7. The van der Waals surface area contributed by atoms with Crippen molar-refractivity contribution in [2.45, 2.75) is 0 Å². The number of hydroxylamine groups is 1. The standard InChI is InChI=1S/C15H17N5O2/c21-14(20(22)13-4-2-1-3-5-13)12-10-17-15(18-11-12)19-8-6-16-7-9-19/h1-5,10-11,16,22H,6-9H2. The molecule has 7 heteroatoms. The fourth-order valence-electron chi connectivity index (χ4n) is 2.27. The quantitative estimate of drug-likeness (QED) is 0.648. The van der Waals surface area contributed by atoms with E-state index in [4.69, 9.17) is 0 Å². The minimum Gasteiger partial charge on any atom is -0.338 e. The fraction of sp³-hybridized carbons (Fsp3) is 0.267. The number of nitrogens with zero attached hydrogens (tertiary/aromatic N) is 4. The van der Waals surface area contributed by atoms with Crippen LogP contribution in [0.25, 0.3) is 0 Å². The summed E-state index contributed by atoms with van der Waals surface area (Å²) in [5, 5.41) is 13.8. The Labute approximate surface area is 128 Å². The molecule has 0 bridgehead atoms. The number of anilines is 2. The van der Waals surface area contributed by atoms with Crippen LogP contribution in [0.5, 0.6) is 0 Å². The number of rotatable bonds is 3. The zero-order valence-electron chi connectivity index (χ0n) is 12.0. The van der Waals surface area contributed by atoms with Crippen molar-refractivity contribution in [1.29, 1.82) is 0 Å². The number of amides is 1. The van der Waals surface area contributed by atoms with E-state index in [9.17, 15) is 10.0 Å². The number of hydrogen-bond acceptors (Lipinski definition) is 6. The third-order valence-electron chi connectivity index (χ3n) is 3.48. The van der Waals surface area contributed by atoms with Gasteiger partial charge >= 0.3 is 0 Å². The van der Waals surface area contributed by atoms with Gasteiger partial charge in [-0.15, -0.1) is 0 Å². The first-order valence-electron chi connectivity index (χ1n) is 7.12. The number of piperazine rings is 1. The van der Waals surface area contributed by atoms with Crippen LogP contribution in [0.3, 0.4) is 0 Å². The van der Waals surface area contributed by atoms with Crippen molar-refractivity contribution < 1.29 is 10.0 Å². The molecule has 0 saturated carbocycles. The molecule has 1 amide bonds. The van der Waals surface area contributed by atoms with Gasteiger partial charge in [0.1, 0.15) is 0 Å². The Morgan fingerprint density at radius 1 is 1.14 bits per heavy atom. The van der Waals surface area contributed by atoms with E-state index in [2.05, 4.69) is 20.2 Å². The number of carbonyl (C=O) groups is 1. The summed E-state index contributed by atoms with van der Waals surface area (Å²) in [5.74, 6) is 0.0420. The molecule has 3 rings (SSSR count). The van der Waals surface area contributed by atoms with Gasteiger partial charge in [-0.3, -0.25) is 10.0 Å². The summed E-state index contributed by atoms with van der Waals surface area (Å²) in [4.78, 5) is 22.7. The minimum absolute atomic E-state index is 0.241. The average Bonchev–Trinajstić information content (AvgIpc) is 2.62. The second kappa shape index (κ2) is 6.50. The van der Waals surface area contributed by atoms with E-state index < -0.39 is 5.91 Å². The highest BCUT2D eigenvalue weighted by Crippen LogP contribution is 2.15. The van der Waals surface area contributed by atoms with Gasteiger partial charge in [-0.05, 0) is 12.1 Å². The molecule has 1 aromatic carbocycles. The van der Waals surface area contributed by atoms with Gasteiger partial charge in [-0.1, -0.05) is 18.2 Å². The highest BCUT2D eigenvalue weighted by Gasteiger charge is 2.18. The summed E-state index contributed by atoms with van der Waals surface area (Å²) in [6, 6.07) is 8.60. The molecule has 0 unspecified atom stereocenters. The van der Waals surface area contributed by atoms with E-state index in [0.717, 1.165) is 26.2 Å². The molecule has 0 spiro atoms. The van der Waals surface area contributed by atoms with Crippen LogP contribution in [0.1, 0.15) is 10.4 Å². The third kappa shape index (κ3) is 3.05. The second-order valence-corrected chi connectivity index (χ2v) is 4.96. The first-order valence-corrected chi connectivity index (χ1v) is 7.12. The van der Waals surface area contributed by atoms with Crippen LogP contribution in [0.2, 0.25) is 0 Å². The number of carbonyl (C=O) groups excluding carboxylic acids is 1. The van der Waals surface area contributed by atoms with Crippen molar-refractivity contribution >= 4 is 17.5 Å². The van der Waals surface area contributed by atoms with Crippen LogP contribution in [-0.4, -0.2) is 47.3 Å². The molecule has 0 aliphatic carbocycles. The fourth-order valence-corrected chi connectivity index (χ4v) is 2.27. The molecular formula is C15H17N5O2. The molecule has 2 heterocycles. The molecule has 7 nitrogen and oxygen atoms in total. The van der Waals surface area contributed by atoms with Crippen LogP contribution < -0.4 is 15.3 Å². The Kier molecular flexibility index (Phi) is 4.27. The summed E-state index contributed by atoms with van der Waals surface area (Å²) < 4.78 is 0. The Bertz CT molecular complexity index is 626. The van der Waals surface area contributed by atoms with Crippen molar-refractivity contribution in [1.82, 2.24) is 15.3 Å². The van der Waals surface area contributed by atoms with Gasteiger partial charge in [0.15, 0.2) is 0 Å². The van der Waals surface area contributed by atoms with Gasteiger partial charge in [-0.2, -0.15) is 5.06 Å². The predicted molar refractivity (Wildman–Crippen MR) is 82.2 cm³/mol. The van der Waals surface area contributed by atoms with Crippen LogP contribution in [0.15, 0.2) is 42.7 Å². The van der Waals surface area contributed by atoms with E-state index in [0.29, 0.717) is 16.7 Å². The number of nitrogens with one attached hydrogen (secondary N) is 1. The Morgan fingerprint density at radius 3 is 2.41 bits per heavy atom. The van der Waals surface area contributed by atoms with Gasteiger partial charge in [-0.25, -0.2) is 9.97 Å². The maximum Gasteiger partial charge on any atom is 0.285 e. The van der Waals surface area contributed by atoms with Crippen molar-refractivity contribution in [3.8, 4) is 0 Å². The van der Waals surface area contributed by atoms with E-state index in [1.165, 1.54) is 12.4 Å². The second-order valence-electron chi connectivity index (χ2n) is 4.96. The lowest BCUT2D eigenvalue weighted by atomic mass is 10.2. The molecule has 2 aromatic rings. The Morgan fingerprint density at radius 2 is 1.77 bits per heavy atom. The number of benzene rings is 1. The molecule has 22 heavy (non-hydrogen) atoms. The first kappa shape index (κ1) is 14.4. The monoisotopic (exact) mass is 299 g/mol. The topological polar surface area (TPSA) is 81.6 Å². The van der Waals surface area contributed by atoms with Gasteiger partial charge in [0.25, 0.3) is 5.91 Å². The van der Waals surface area contributed by atoms with E-state index >= 15 is 0 Å². The Balaban J connectivity index is 1.73. The summed E-state index contributed by atoms with van der Waals surface area (Å²) in [7, 11) is 0. The maximum atomic E-state index is 12.2. The maximum absolute atomic E-state index is 12.2. The Hall–Kier alpha value is -2.51. The first-order chi connectivity index (χ1) is 10.8. The van der Waals surface area contributed by atoms with Gasteiger partial charge < -0.3 is 10.2 Å². The number of aromatic nitrogens is 2. The van der Waals surface area contributed by atoms with Crippen LogP contribution in [-0.2, 0) is 0 Å². The number of hydrogen-bond donors (Lipinski definition) is 2. The SMILES string of the molecule is O=C(c1cnc(N2CCNCC2)nc1)N(O)c1ccccc1. The van der Waals surface area contributed by atoms with E-state index in [-0.39, 0.29) is 5.56 Å². The van der Waals surface area contributed by atoms with E-state index in [1.807, 2.05) is 6.07 Å². The average molecular weight is 299 g/mol. The van der Waals surface area contributed by atoms with Crippen LogP contribution in [0.4, 0.5) is 11.6 Å². The lowest BCUT2D eigenvalue weighted by Gasteiger charge is -2.27. The van der Waals surface area contributed by atoms with Crippen LogP contribution in [0, 0.1) is 0 Å². The molecule has 1 fully saturated rings. The van der Waals surface area contributed by atoms with Crippen LogP contribution >= 0.6 is 0 Å². The molecular weight excluding hydrogens is 282 g/mol. The summed E-state index contributed by atoms with van der Waals surface area (Å²) in [5.41, 5.74) is 0.643. The van der Waals surface area contributed by atoms with Gasteiger partial charge in [0, 0.05) is 38.6 Å². The zero-order chi connectivity index (χ0) is 15.4. The molecule has 1 aliphatic heterocycles. The largest absolute Gasteiger partial charge is 0.338 e. The molecule has 1 saturated heterocycles. The summed E-state index contributed by atoms with van der Waals surface area (Å²) in [6.07, 6.45) is 2.89. The van der Waals surface area contributed by atoms with Crippen molar-refractivity contribution in [3.63, 3.8) is 0 Å². The van der Waals surface area contributed by atoms with Gasteiger partial charge in [0.05, 0.1) is 11.3 Å². The lowest BCUT2D eigenvalue weighted by Crippen LogP contribution is -2.44. The molecule has 0 radical (unpaired) electrons. The minimum atomic E-state index is -0.557. The number of para-hydroxylation sites is 1. The third-order valence-corrected chi connectivity index (χ3v) is 3.48. The highest BCUT2D eigenvalue weighted by atomic mass is 16.5. The molecule has 1 aliphatic rings. The molecule has 0 atom stereocenters. The lowest BCUT2D eigenvalue weighted by molar-refractivity contribution is 0.0854. The molecule has 2 N–H and O–H groups in total. The molecule has 1 aromatic heterocycles. The van der Waals surface area contributed by atoms with E-state index in [1.54, 1.807) is 24.3 Å². The molecule has 114 valence electrons. The summed E-state index contributed by atoms with van der Waals surface area (Å²) >= 11 is 0. The van der Waals surface area contributed by atoms with Crippen molar-refractivity contribution in [2.75, 3.05) is 36.1 Å². The highest BCUT2D eigenvalue weighted by molar-refractivity contribution is 6.04. The zero-order valence-corrected chi connectivity index (χ0v) is 12.0. The van der Waals surface area contributed by atoms with Gasteiger partial charge in [0.2, 0.25) is 5.95 Å².